The largest absolute Gasteiger partial charge is 0.394 e. The van der Waals surface area contributed by atoms with Gasteiger partial charge in [0.05, 0.1) is 59.5 Å². The molecule has 0 aromatic rings. The van der Waals surface area contributed by atoms with E-state index < -0.39 is 348 Å². The lowest BCUT2D eigenvalue weighted by molar-refractivity contribution is -0.399. The highest BCUT2D eigenvalue weighted by atomic mass is 16.8. The summed E-state index contributed by atoms with van der Waals surface area (Å²) >= 11 is 0. The zero-order valence-electron chi connectivity index (χ0n) is 56.2. The molecule has 0 bridgehead atoms. The SMILES string of the molecule is CC(=O)NC1C(O)OC(CO)[C@@H](O[C@@H]2OC(CO)[C@@H](O[C@@H]3OC(CO[C@H]4OC(CO[C@H]5OC(CO)[C@@H](O)[C@H](O)C5O[C@H]5OC(CO)[C@@H](O)[C@H](O)C5O)[C@@H](O)[C@H](O[C@H]5OC(CO)[C@@H](O)[C@H](O)C5O)C4O)[C@@H](O)[C@H](O[C@H]4OC(CO)[C@@H](O)[C@H](O)C4O[C@H]4OC(CO)[C@@H](O)[C@H](O)C4O)C3O)[C@H](O)C2NC(C)=O)[C@@H]1O. The van der Waals surface area contributed by atoms with Crippen LogP contribution in [-0.4, -0.2) is 485 Å². The van der Waals surface area contributed by atoms with Crippen LogP contribution in [0.4, 0.5) is 0 Å². The normalized spacial score (nSPS) is 51.2. The quantitative estimate of drug-likeness (QED) is 0.0363. The Morgan fingerprint density at radius 3 is 0.934 bits per heavy atom. The number of carbonyl (C=O) groups excluding carboxylic acids is 2. The van der Waals surface area contributed by atoms with Crippen LogP contribution >= 0.6 is 0 Å². The highest BCUT2D eigenvalue weighted by Gasteiger charge is 2.60. The number of hydrogen-bond donors (Lipinski definition) is 29. The average Bonchev–Trinajstić information content (AvgIpc) is 0.769. The highest BCUT2D eigenvalue weighted by Crippen LogP contribution is 2.39. The van der Waals surface area contributed by atoms with Crippen LogP contribution in [0.25, 0.3) is 0 Å². The third-order valence-corrected chi connectivity index (χ3v) is 19.5. The van der Waals surface area contributed by atoms with Gasteiger partial charge in [-0.05, 0) is 0 Å². The van der Waals surface area contributed by atoms with E-state index in [4.69, 9.17) is 80.5 Å². The lowest BCUT2D eigenvalue weighted by Crippen LogP contribution is -2.70. The molecule has 45 atom stereocenters. The maximum absolute atomic E-state index is 12.9. The molecule has 0 saturated carbocycles. The summed E-state index contributed by atoms with van der Waals surface area (Å²) in [4.78, 5) is 25.0. The smallest absolute Gasteiger partial charge is 0.217 e. The first kappa shape index (κ1) is 87.2. The lowest BCUT2D eigenvalue weighted by atomic mass is 9.94. The van der Waals surface area contributed by atoms with Gasteiger partial charge in [-0.1, -0.05) is 0 Å². The van der Waals surface area contributed by atoms with E-state index in [2.05, 4.69) is 10.6 Å². The minimum atomic E-state index is -2.54. The zero-order chi connectivity index (χ0) is 77.9. The molecule has 616 valence electrons. The predicted octanol–water partition coefficient (Wildman–Crippen LogP) is -20.3. The van der Waals surface area contributed by atoms with Crippen molar-refractivity contribution in [2.75, 3.05) is 59.5 Å². The second-order valence-electron chi connectivity index (χ2n) is 26.7. The molecule has 9 aliphatic heterocycles. The Kier molecular flexibility index (Phi) is 31.1. The summed E-state index contributed by atoms with van der Waals surface area (Å²) in [5, 5.41) is 301. The molecule has 9 rings (SSSR count). The molecule has 0 aliphatic carbocycles. The molecule has 48 nitrogen and oxygen atoms in total. The monoisotopic (exact) mass is 1560 g/mol. The van der Waals surface area contributed by atoms with Crippen LogP contribution < -0.4 is 10.6 Å². The molecule has 2 amide bonds. The Morgan fingerprint density at radius 1 is 0.245 bits per heavy atom. The van der Waals surface area contributed by atoms with E-state index in [-0.39, 0.29) is 0 Å². The van der Waals surface area contributed by atoms with E-state index in [0.717, 1.165) is 13.8 Å². The van der Waals surface area contributed by atoms with Gasteiger partial charge in [-0.3, -0.25) is 9.59 Å². The van der Waals surface area contributed by atoms with Crippen molar-refractivity contribution in [2.45, 2.75) is 290 Å². The Labute approximate surface area is 598 Å². The molecule has 0 spiro atoms. The lowest BCUT2D eigenvalue weighted by Gasteiger charge is -2.50. The van der Waals surface area contributed by atoms with Crippen molar-refractivity contribution in [3.63, 3.8) is 0 Å². The number of hydrogen-bond acceptors (Lipinski definition) is 46. The van der Waals surface area contributed by atoms with Crippen LogP contribution in [-0.2, 0) is 90.1 Å². The number of amides is 2. The van der Waals surface area contributed by atoms with E-state index >= 15 is 0 Å². The van der Waals surface area contributed by atoms with Crippen molar-refractivity contribution < 1.29 is 228 Å². The third-order valence-electron chi connectivity index (χ3n) is 19.5. The summed E-state index contributed by atoms with van der Waals surface area (Å²) in [5.41, 5.74) is 0. The molecule has 29 N–H and O–H groups in total. The predicted molar refractivity (Wildman–Crippen MR) is 320 cm³/mol. The van der Waals surface area contributed by atoms with Gasteiger partial charge in [-0.25, -0.2) is 0 Å². The Bertz CT molecular complexity index is 2710. The molecular weight excluding hydrogens is 1460 g/mol. The topological polar surface area (TPSA) is 761 Å². The van der Waals surface area contributed by atoms with Gasteiger partial charge in [0.1, 0.15) is 220 Å². The second kappa shape index (κ2) is 37.9. The van der Waals surface area contributed by atoms with Crippen molar-refractivity contribution >= 4 is 11.8 Å². The standard InChI is InChI=1S/C58H98N2O46/c1-12(68)59-23-32(77)44(19(8-66)92-50(23)89)101-51-24(60-13(2)69)33(78)45(20(9-67)98-51)102-56-43(88)47(104-58-49(38(83)29(74)18(7-65)97-58)106-55-41(86)36(81)27(72)16(5-63)95-55)31(76)22(100-56)10-90-52-42(87)46(103-53-39(84)34(79)25(70)14(3-61)93-53)30(75)21(99-52)11-91-57-48(37(82)28(73)17(6-64)96-57)105-54-40(85)35(80)26(71)15(4-62)94-54/h14-58,61-67,70-89H,3-11H2,1-2H3,(H,59,68)(H,60,69)/t14?,15?,16?,17?,18?,19?,20?,21?,22?,23?,24?,25-,26-,27-,28-,29-,30-,31-,32-,33-,34+,35+,36+,37+,38+,39?,40?,41?,42?,43?,44-,45-,46+,47+,48?,49?,50?,51+,52+,53-,54-,55-,56+,57+,58-/m1/s1. The van der Waals surface area contributed by atoms with Crippen LogP contribution in [0.2, 0.25) is 0 Å². The first-order valence-electron chi connectivity index (χ1n) is 33.7. The molecule has 9 heterocycles. The summed E-state index contributed by atoms with van der Waals surface area (Å²) in [6, 6.07) is -3.55. The van der Waals surface area contributed by atoms with E-state index in [0.29, 0.717) is 0 Å². The molecule has 106 heavy (non-hydrogen) atoms. The Balaban J connectivity index is 1.05. The summed E-state index contributed by atoms with van der Waals surface area (Å²) in [7, 11) is 0. The maximum Gasteiger partial charge on any atom is 0.217 e. The van der Waals surface area contributed by atoms with E-state index in [1.165, 1.54) is 0 Å². The molecule has 0 radical (unpaired) electrons. The summed E-state index contributed by atoms with van der Waals surface area (Å²) in [6.07, 6.45) is -90.3. The molecule has 48 heteroatoms. The van der Waals surface area contributed by atoms with E-state index in [1.807, 2.05) is 0 Å². The van der Waals surface area contributed by atoms with Gasteiger partial charge >= 0.3 is 0 Å². The third kappa shape index (κ3) is 18.7. The average molecular weight is 1560 g/mol. The summed E-state index contributed by atoms with van der Waals surface area (Å²) < 4.78 is 98.8. The molecule has 9 saturated heterocycles. The van der Waals surface area contributed by atoms with Crippen molar-refractivity contribution in [1.82, 2.24) is 10.6 Å². The minimum Gasteiger partial charge on any atom is -0.394 e. The van der Waals surface area contributed by atoms with E-state index in [1.54, 1.807) is 0 Å². The minimum absolute atomic E-state index is 0.783. The number of rotatable bonds is 27. The molecule has 19 unspecified atom stereocenters. The first-order valence-corrected chi connectivity index (χ1v) is 33.7. The zero-order valence-corrected chi connectivity index (χ0v) is 56.2. The van der Waals surface area contributed by atoms with Gasteiger partial charge in [-0.2, -0.15) is 0 Å². The second-order valence-corrected chi connectivity index (χ2v) is 26.7. The van der Waals surface area contributed by atoms with Crippen LogP contribution in [0.5, 0.6) is 0 Å². The van der Waals surface area contributed by atoms with Crippen molar-refractivity contribution in [1.29, 1.82) is 0 Å². The Hall–Kier alpha value is -2.82. The molecule has 0 aromatic heterocycles. The fourth-order valence-electron chi connectivity index (χ4n) is 13.5. The molecule has 9 aliphatic rings. The van der Waals surface area contributed by atoms with Crippen LogP contribution in [0.1, 0.15) is 13.8 Å². The fraction of sp³-hybridized carbons (Fsp3) is 0.966. The van der Waals surface area contributed by atoms with Gasteiger partial charge < -0.3 is 229 Å². The Morgan fingerprint density at radius 2 is 0.519 bits per heavy atom. The van der Waals surface area contributed by atoms with Gasteiger partial charge in [0.2, 0.25) is 11.8 Å². The van der Waals surface area contributed by atoms with Crippen LogP contribution in [0, 0.1) is 0 Å². The van der Waals surface area contributed by atoms with Crippen LogP contribution in [0.15, 0.2) is 0 Å². The van der Waals surface area contributed by atoms with E-state index in [9.17, 15) is 147 Å². The van der Waals surface area contributed by atoms with Crippen molar-refractivity contribution in [3.8, 4) is 0 Å². The van der Waals surface area contributed by atoms with Gasteiger partial charge in [0.25, 0.3) is 0 Å². The molecule has 0 aromatic carbocycles. The van der Waals surface area contributed by atoms with Gasteiger partial charge in [0.15, 0.2) is 56.6 Å². The summed E-state index contributed by atoms with van der Waals surface area (Å²) in [6.45, 7) is -7.76. The fourth-order valence-corrected chi connectivity index (χ4v) is 13.5. The number of carbonyl (C=O) groups is 2. The van der Waals surface area contributed by atoms with Crippen LogP contribution in [0.3, 0.4) is 0 Å². The van der Waals surface area contributed by atoms with Crippen molar-refractivity contribution in [2.24, 2.45) is 0 Å². The number of aliphatic hydroxyl groups excluding tert-OH is 27. The number of ether oxygens (including phenoxy) is 17. The molecule has 9 fully saturated rings. The van der Waals surface area contributed by atoms with Gasteiger partial charge in [0, 0.05) is 13.8 Å². The first-order chi connectivity index (χ1) is 50.2. The number of aliphatic hydroxyl groups is 27. The van der Waals surface area contributed by atoms with Gasteiger partial charge in [-0.15, -0.1) is 0 Å². The maximum atomic E-state index is 12.9. The molecular formula is C58H98N2O46. The highest BCUT2D eigenvalue weighted by molar-refractivity contribution is 5.73. The van der Waals surface area contributed by atoms with Crippen molar-refractivity contribution in [3.05, 3.63) is 0 Å². The number of nitrogens with one attached hydrogen (secondary N) is 2. The summed E-state index contributed by atoms with van der Waals surface area (Å²) in [5.74, 6) is -1.72.